The molecule has 0 atom stereocenters. The Balaban J connectivity index is 2.49. The van der Waals surface area contributed by atoms with Crippen LogP contribution in [0.1, 0.15) is 19.8 Å². The van der Waals surface area contributed by atoms with Crippen LogP contribution in [-0.2, 0) is 4.79 Å². The molecule has 0 aromatic carbocycles. The van der Waals surface area contributed by atoms with Crippen molar-refractivity contribution in [3.8, 4) is 0 Å². The van der Waals surface area contributed by atoms with Crippen molar-refractivity contribution in [1.29, 1.82) is 0 Å². The van der Waals surface area contributed by atoms with Crippen LogP contribution in [0.5, 0.6) is 0 Å². The molecular formula is C6H9NO. The minimum absolute atomic E-state index is 0.127. The summed E-state index contributed by atoms with van der Waals surface area (Å²) in [6.45, 7) is 2.03. The second-order valence-corrected chi connectivity index (χ2v) is 1.84. The molecule has 1 amide bonds. The third-order valence-electron chi connectivity index (χ3n) is 1.21. The van der Waals surface area contributed by atoms with E-state index in [2.05, 4.69) is 5.32 Å². The lowest BCUT2D eigenvalue weighted by atomic mass is 10.3. The third kappa shape index (κ3) is 0.886. The van der Waals surface area contributed by atoms with Gasteiger partial charge in [-0.1, -0.05) is 13.0 Å². The van der Waals surface area contributed by atoms with Gasteiger partial charge >= 0.3 is 0 Å². The zero-order valence-corrected chi connectivity index (χ0v) is 4.90. The van der Waals surface area contributed by atoms with Crippen molar-refractivity contribution in [2.75, 3.05) is 0 Å². The van der Waals surface area contributed by atoms with Gasteiger partial charge in [-0.05, 0) is 6.42 Å². The number of carbonyl (C=O) groups excluding carboxylic acids is 1. The minimum Gasteiger partial charge on any atom is -0.330 e. The summed E-state index contributed by atoms with van der Waals surface area (Å²) in [5.41, 5.74) is 1.06. The van der Waals surface area contributed by atoms with Crippen LogP contribution in [0.2, 0.25) is 0 Å². The number of amides is 1. The van der Waals surface area contributed by atoms with E-state index in [0.717, 1.165) is 12.1 Å². The molecule has 0 saturated heterocycles. The van der Waals surface area contributed by atoms with E-state index in [1.165, 1.54) is 0 Å². The molecule has 0 aliphatic carbocycles. The third-order valence-corrected chi connectivity index (χ3v) is 1.21. The summed E-state index contributed by atoms with van der Waals surface area (Å²) in [6.07, 6.45) is 3.44. The molecular weight excluding hydrogens is 102 g/mol. The Bertz CT molecular complexity index is 137. The van der Waals surface area contributed by atoms with Crippen molar-refractivity contribution < 1.29 is 4.79 Å². The molecule has 1 aliphatic rings. The molecule has 1 aliphatic heterocycles. The first kappa shape index (κ1) is 5.35. The number of nitrogens with one attached hydrogen (secondary N) is 1. The van der Waals surface area contributed by atoms with E-state index in [1.54, 1.807) is 0 Å². The highest BCUT2D eigenvalue weighted by atomic mass is 16.1. The van der Waals surface area contributed by atoms with Crippen LogP contribution < -0.4 is 5.32 Å². The van der Waals surface area contributed by atoms with Crippen LogP contribution in [0.25, 0.3) is 0 Å². The predicted molar refractivity (Wildman–Crippen MR) is 31.1 cm³/mol. The first-order chi connectivity index (χ1) is 3.83. The summed E-state index contributed by atoms with van der Waals surface area (Å²) in [5, 5.41) is 2.73. The SMILES string of the molecule is CCC1=CCC(=O)N1. The van der Waals surface area contributed by atoms with Crippen LogP contribution >= 0.6 is 0 Å². The molecule has 0 unspecified atom stereocenters. The molecule has 2 heteroatoms. The summed E-state index contributed by atoms with van der Waals surface area (Å²) in [6, 6.07) is 0. The molecule has 1 N–H and O–H groups in total. The second kappa shape index (κ2) is 1.99. The van der Waals surface area contributed by atoms with Crippen LogP contribution in [0, 0.1) is 0 Å². The van der Waals surface area contributed by atoms with E-state index >= 15 is 0 Å². The average Bonchev–Trinajstić information content (AvgIpc) is 2.14. The summed E-state index contributed by atoms with van der Waals surface area (Å²) in [7, 11) is 0. The molecule has 44 valence electrons. The van der Waals surface area contributed by atoms with Crippen molar-refractivity contribution in [3.63, 3.8) is 0 Å². The van der Waals surface area contributed by atoms with Gasteiger partial charge in [0.1, 0.15) is 0 Å². The minimum atomic E-state index is 0.127. The van der Waals surface area contributed by atoms with Gasteiger partial charge in [0.05, 0.1) is 0 Å². The van der Waals surface area contributed by atoms with E-state index < -0.39 is 0 Å². The fourth-order valence-corrected chi connectivity index (χ4v) is 0.730. The summed E-state index contributed by atoms with van der Waals surface area (Å²) < 4.78 is 0. The summed E-state index contributed by atoms with van der Waals surface area (Å²) in [4.78, 5) is 10.4. The zero-order chi connectivity index (χ0) is 5.98. The van der Waals surface area contributed by atoms with Gasteiger partial charge < -0.3 is 5.32 Å². The van der Waals surface area contributed by atoms with Crippen molar-refractivity contribution in [2.45, 2.75) is 19.8 Å². The Morgan fingerprint density at radius 2 is 2.62 bits per heavy atom. The van der Waals surface area contributed by atoms with E-state index in [1.807, 2.05) is 13.0 Å². The molecule has 1 rings (SSSR count). The lowest BCUT2D eigenvalue weighted by Gasteiger charge is -1.93. The standard InChI is InChI=1S/C6H9NO/c1-2-5-3-4-6(8)7-5/h3H,2,4H2,1H3,(H,7,8). The normalized spacial score (nSPS) is 18.1. The number of carbonyl (C=O) groups is 1. The zero-order valence-electron chi connectivity index (χ0n) is 4.90. The maximum atomic E-state index is 10.4. The Hall–Kier alpha value is -0.790. The molecule has 8 heavy (non-hydrogen) atoms. The van der Waals surface area contributed by atoms with Gasteiger partial charge in [-0.25, -0.2) is 0 Å². The smallest absolute Gasteiger partial charge is 0.227 e. The highest BCUT2D eigenvalue weighted by Gasteiger charge is 2.07. The quantitative estimate of drug-likeness (QED) is 0.532. The molecule has 0 fully saturated rings. The second-order valence-electron chi connectivity index (χ2n) is 1.84. The molecule has 1 heterocycles. The molecule has 0 saturated carbocycles. The lowest BCUT2D eigenvalue weighted by molar-refractivity contribution is -0.118. The number of hydrogen-bond acceptors (Lipinski definition) is 1. The fraction of sp³-hybridized carbons (Fsp3) is 0.500. The molecule has 0 radical (unpaired) electrons. The van der Waals surface area contributed by atoms with Gasteiger partial charge in [0.2, 0.25) is 5.91 Å². The maximum Gasteiger partial charge on any atom is 0.227 e. The molecule has 0 spiro atoms. The highest BCUT2D eigenvalue weighted by Crippen LogP contribution is 2.04. The Morgan fingerprint density at radius 3 is 2.88 bits per heavy atom. The fourth-order valence-electron chi connectivity index (χ4n) is 0.730. The van der Waals surface area contributed by atoms with Gasteiger partial charge in [0.15, 0.2) is 0 Å². The van der Waals surface area contributed by atoms with Crippen molar-refractivity contribution in [2.24, 2.45) is 0 Å². The monoisotopic (exact) mass is 111 g/mol. The van der Waals surface area contributed by atoms with Crippen LogP contribution in [0.4, 0.5) is 0 Å². The Morgan fingerprint density at radius 1 is 1.88 bits per heavy atom. The summed E-state index contributed by atoms with van der Waals surface area (Å²) in [5.74, 6) is 0.127. The van der Waals surface area contributed by atoms with E-state index in [9.17, 15) is 4.79 Å². The number of rotatable bonds is 1. The molecule has 2 nitrogen and oxygen atoms in total. The molecule has 0 aromatic rings. The van der Waals surface area contributed by atoms with Crippen molar-refractivity contribution in [3.05, 3.63) is 11.8 Å². The van der Waals surface area contributed by atoms with Gasteiger partial charge in [0.25, 0.3) is 0 Å². The highest BCUT2D eigenvalue weighted by molar-refractivity contribution is 5.82. The van der Waals surface area contributed by atoms with E-state index in [4.69, 9.17) is 0 Å². The van der Waals surface area contributed by atoms with E-state index in [-0.39, 0.29) is 5.91 Å². The van der Waals surface area contributed by atoms with Crippen molar-refractivity contribution in [1.82, 2.24) is 5.32 Å². The van der Waals surface area contributed by atoms with Crippen LogP contribution in [0.3, 0.4) is 0 Å². The molecule has 0 aromatic heterocycles. The van der Waals surface area contributed by atoms with Gasteiger partial charge in [0, 0.05) is 12.1 Å². The maximum absolute atomic E-state index is 10.4. The first-order valence-corrected chi connectivity index (χ1v) is 2.82. The number of allylic oxidation sites excluding steroid dienone is 1. The van der Waals surface area contributed by atoms with Crippen molar-refractivity contribution >= 4 is 5.91 Å². The topological polar surface area (TPSA) is 29.1 Å². The van der Waals surface area contributed by atoms with Crippen LogP contribution in [0.15, 0.2) is 11.8 Å². The summed E-state index contributed by atoms with van der Waals surface area (Å²) >= 11 is 0. The molecule has 0 bridgehead atoms. The Kier molecular flexibility index (Phi) is 1.33. The van der Waals surface area contributed by atoms with Gasteiger partial charge in [-0.15, -0.1) is 0 Å². The Labute approximate surface area is 48.6 Å². The first-order valence-electron chi connectivity index (χ1n) is 2.82. The van der Waals surface area contributed by atoms with Gasteiger partial charge in [-0.2, -0.15) is 0 Å². The number of hydrogen-bond donors (Lipinski definition) is 1. The largest absolute Gasteiger partial charge is 0.330 e. The van der Waals surface area contributed by atoms with Gasteiger partial charge in [-0.3, -0.25) is 4.79 Å². The van der Waals surface area contributed by atoms with Crippen LogP contribution in [-0.4, -0.2) is 5.91 Å². The van der Waals surface area contributed by atoms with E-state index in [0.29, 0.717) is 6.42 Å². The lowest BCUT2D eigenvalue weighted by Crippen LogP contribution is -2.14. The predicted octanol–water partition coefficient (Wildman–Crippen LogP) is 0.800. The average molecular weight is 111 g/mol.